The standard InChI is InChI=1S/C25H28N4O.C2H2O4/c1-2-28-11-13-29(14-12-28)25-22-6-4-3-5-20(22)17-24(27-25)21-7-8-23(26-18-21)19-9-15-30-16-10-19;3-1(4)2(5)6/h3-9,17-18H,2,10-16H2,1H3;(H,3,4)(H,5,6). The molecule has 5 rings (SSSR count). The Labute approximate surface area is 209 Å². The highest BCUT2D eigenvalue weighted by molar-refractivity contribution is 6.27. The summed E-state index contributed by atoms with van der Waals surface area (Å²) >= 11 is 0. The number of benzene rings is 1. The van der Waals surface area contributed by atoms with Gasteiger partial charge in [-0.25, -0.2) is 14.6 Å². The topological polar surface area (TPSA) is 116 Å². The van der Waals surface area contributed by atoms with Gasteiger partial charge in [0, 0.05) is 43.3 Å². The fraction of sp³-hybridized carbons (Fsp3) is 0.333. The van der Waals surface area contributed by atoms with Crippen molar-refractivity contribution < 1.29 is 24.5 Å². The predicted molar refractivity (Wildman–Crippen MR) is 138 cm³/mol. The van der Waals surface area contributed by atoms with E-state index in [0.29, 0.717) is 6.61 Å². The molecule has 0 saturated carbocycles. The summed E-state index contributed by atoms with van der Waals surface area (Å²) in [5.41, 5.74) is 4.36. The Balaban J connectivity index is 0.000000455. The molecule has 2 aromatic heterocycles. The predicted octanol–water partition coefficient (Wildman–Crippen LogP) is 3.40. The molecule has 4 heterocycles. The minimum absolute atomic E-state index is 0.680. The van der Waals surface area contributed by atoms with Crippen LogP contribution in [0.1, 0.15) is 19.0 Å². The van der Waals surface area contributed by atoms with Crippen molar-refractivity contribution in [2.24, 2.45) is 0 Å². The lowest BCUT2D eigenvalue weighted by atomic mass is 10.0. The van der Waals surface area contributed by atoms with Gasteiger partial charge in [0.05, 0.1) is 24.6 Å². The smallest absolute Gasteiger partial charge is 0.414 e. The zero-order valence-electron chi connectivity index (χ0n) is 20.3. The summed E-state index contributed by atoms with van der Waals surface area (Å²) in [6.45, 7) is 9.01. The van der Waals surface area contributed by atoms with Gasteiger partial charge in [0.2, 0.25) is 0 Å². The van der Waals surface area contributed by atoms with Crippen molar-refractivity contribution in [3.05, 3.63) is 60.4 Å². The Morgan fingerprint density at radius 3 is 2.36 bits per heavy atom. The summed E-state index contributed by atoms with van der Waals surface area (Å²) in [6, 6.07) is 15.0. The van der Waals surface area contributed by atoms with Crippen LogP contribution < -0.4 is 4.90 Å². The van der Waals surface area contributed by atoms with E-state index in [1.807, 2.05) is 6.20 Å². The van der Waals surface area contributed by atoms with Crippen molar-refractivity contribution in [3.63, 3.8) is 0 Å². The SMILES string of the molecule is CCN1CCN(c2nc(-c3ccc(C4=CCOCC4)nc3)cc3ccccc23)CC1.O=C(O)C(=O)O. The molecule has 1 aromatic carbocycles. The van der Waals surface area contributed by atoms with Crippen molar-refractivity contribution >= 4 is 34.1 Å². The van der Waals surface area contributed by atoms with Gasteiger partial charge in [-0.2, -0.15) is 0 Å². The molecule has 0 aliphatic carbocycles. The number of anilines is 1. The van der Waals surface area contributed by atoms with E-state index in [1.54, 1.807) is 0 Å². The maximum absolute atomic E-state index is 9.10. The normalized spacial score (nSPS) is 16.1. The lowest BCUT2D eigenvalue weighted by molar-refractivity contribution is -0.159. The largest absolute Gasteiger partial charge is 0.473 e. The highest BCUT2D eigenvalue weighted by Gasteiger charge is 2.20. The van der Waals surface area contributed by atoms with Crippen molar-refractivity contribution in [2.45, 2.75) is 13.3 Å². The summed E-state index contributed by atoms with van der Waals surface area (Å²) in [6.07, 6.45) is 5.02. The summed E-state index contributed by atoms with van der Waals surface area (Å²) in [7, 11) is 0. The molecule has 9 heteroatoms. The molecule has 36 heavy (non-hydrogen) atoms. The lowest BCUT2D eigenvalue weighted by Gasteiger charge is -2.35. The number of likely N-dealkylation sites (N-methyl/N-ethyl adjacent to an activating group) is 1. The molecule has 0 bridgehead atoms. The molecule has 9 nitrogen and oxygen atoms in total. The summed E-state index contributed by atoms with van der Waals surface area (Å²) in [4.78, 5) is 33.0. The number of carboxylic acid groups (broad SMARTS) is 2. The Morgan fingerprint density at radius 2 is 1.75 bits per heavy atom. The van der Waals surface area contributed by atoms with E-state index in [0.717, 1.165) is 68.5 Å². The van der Waals surface area contributed by atoms with Crippen LogP contribution in [0.3, 0.4) is 0 Å². The molecule has 0 amide bonds. The van der Waals surface area contributed by atoms with Crippen LogP contribution in [-0.4, -0.2) is 83.0 Å². The molecule has 0 spiro atoms. The highest BCUT2D eigenvalue weighted by atomic mass is 16.5. The van der Waals surface area contributed by atoms with Crippen LogP contribution in [0.25, 0.3) is 27.6 Å². The van der Waals surface area contributed by atoms with Gasteiger partial charge < -0.3 is 24.7 Å². The molecule has 0 atom stereocenters. The number of nitrogens with zero attached hydrogens (tertiary/aromatic N) is 4. The molecule has 2 aliphatic rings. The van der Waals surface area contributed by atoms with E-state index in [4.69, 9.17) is 34.5 Å². The highest BCUT2D eigenvalue weighted by Crippen LogP contribution is 2.31. The van der Waals surface area contributed by atoms with Gasteiger partial charge in [0.15, 0.2) is 0 Å². The molecule has 1 saturated heterocycles. The number of aromatic nitrogens is 2. The fourth-order valence-electron chi connectivity index (χ4n) is 4.34. The number of carboxylic acids is 2. The van der Waals surface area contributed by atoms with E-state index >= 15 is 0 Å². The van der Waals surface area contributed by atoms with Crippen molar-refractivity contribution in [1.82, 2.24) is 14.9 Å². The first-order valence-electron chi connectivity index (χ1n) is 12.0. The first-order chi connectivity index (χ1) is 17.5. The van der Waals surface area contributed by atoms with Gasteiger partial charge in [-0.3, -0.25) is 4.98 Å². The van der Waals surface area contributed by atoms with E-state index in [-0.39, 0.29) is 0 Å². The minimum atomic E-state index is -1.82. The third-order valence-electron chi connectivity index (χ3n) is 6.37. The number of pyridine rings is 2. The van der Waals surface area contributed by atoms with Crippen LogP contribution >= 0.6 is 0 Å². The average Bonchev–Trinajstić information content (AvgIpc) is 2.93. The molecule has 188 valence electrons. The summed E-state index contributed by atoms with van der Waals surface area (Å²) < 4.78 is 5.42. The van der Waals surface area contributed by atoms with E-state index in [2.05, 4.69) is 65.3 Å². The number of hydrogen-bond donors (Lipinski definition) is 2. The number of carbonyl (C=O) groups is 2. The van der Waals surface area contributed by atoms with Crippen LogP contribution in [-0.2, 0) is 14.3 Å². The van der Waals surface area contributed by atoms with E-state index < -0.39 is 11.9 Å². The maximum Gasteiger partial charge on any atom is 0.414 e. The second-order valence-electron chi connectivity index (χ2n) is 8.57. The molecular weight excluding hydrogens is 460 g/mol. The second-order valence-corrected chi connectivity index (χ2v) is 8.57. The van der Waals surface area contributed by atoms with Crippen molar-refractivity contribution in [1.29, 1.82) is 0 Å². The van der Waals surface area contributed by atoms with Gasteiger partial charge in [0.1, 0.15) is 5.82 Å². The Bertz CT molecular complexity index is 1240. The molecule has 1 fully saturated rings. The van der Waals surface area contributed by atoms with Gasteiger partial charge in [0.25, 0.3) is 0 Å². The number of hydrogen-bond acceptors (Lipinski definition) is 7. The molecular formula is C27H30N4O5. The molecule has 2 N–H and O–H groups in total. The maximum atomic E-state index is 9.10. The van der Waals surface area contributed by atoms with Gasteiger partial charge in [-0.15, -0.1) is 0 Å². The van der Waals surface area contributed by atoms with Crippen molar-refractivity contribution in [3.8, 4) is 11.3 Å². The fourth-order valence-corrected chi connectivity index (χ4v) is 4.34. The Morgan fingerprint density at radius 1 is 1.00 bits per heavy atom. The Hall–Kier alpha value is -3.82. The van der Waals surface area contributed by atoms with Crippen LogP contribution in [0.15, 0.2) is 54.7 Å². The number of ether oxygens (including phenoxy) is 1. The zero-order chi connectivity index (χ0) is 25.5. The monoisotopic (exact) mass is 490 g/mol. The third-order valence-corrected chi connectivity index (χ3v) is 6.37. The molecule has 0 unspecified atom stereocenters. The first-order valence-corrected chi connectivity index (χ1v) is 12.0. The number of aliphatic carboxylic acids is 2. The quantitative estimate of drug-likeness (QED) is 0.531. The van der Waals surface area contributed by atoms with Gasteiger partial charge in [-0.1, -0.05) is 37.3 Å². The lowest BCUT2D eigenvalue weighted by Crippen LogP contribution is -2.46. The molecule has 0 radical (unpaired) electrons. The minimum Gasteiger partial charge on any atom is -0.473 e. The first kappa shape index (κ1) is 25.3. The summed E-state index contributed by atoms with van der Waals surface area (Å²) in [5.74, 6) is -2.56. The van der Waals surface area contributed by atoms with Crippen LogP contribution in [0.4, 0.5) is 5.82 Å². The second kappa shape index (κ2) is 11.7. The van der Waals surface area contributed by atoms with Crippen molar-refractivity contribution in [2.75, 3.05) is 50.8 Å². The van der Waals surface area contributed by atoms with Gasteiger partial charge >= 0.3 is 11.9 Å². The average molecular weight is 491 g/mol. The number of rotatable bonds is 4. The molecule has 2 aliphatic heterocycles. The third kappa shape index (κ3) is 6.05. The van der Waals surface area contributed by atoms with Crippen LogP contribution in [0.2, 0.25) is 0 Å². The van der Waals surface area contributed by atoms with Crippen LogP contribution in [0.5, 0.6) is 0 Å². The summed E-state index contributed by atoms with van der Waals surface area (Å²) in [5, 5.41) is 17.2. The van der Waals surface area contributed by atoms with Crippen LogP contribution in [0, 0.1) is 0 Å². The number of piperazine rings is 1. The molecule has 3 aromatic rings. The Kier molecular flexibility index (Phi) is 8.24. The number of fused-ring (bicyclic) bond motifs is 1. The van der Waals surface area contributed by atoms with E-state index in [9.17, 15) is 0 Å². The van der Waals surface area contributed by atoms with Gasteiger partial charge in [-0.05, 0) is 42.1 Å². The van der Waals surface area contributed by atoms with E-state index in [1.165, 1.54) is 16.3 Å². The zero-order valence-corrected chi connectivity index (χ0v) is 20.3.